The third-order valence-electron chi connectivity index (χ3n) is 7.58. The van der Waals surface area contributed by atoms with Gasteiger partial charge in [-0.25, -0.2) is 0 Å². The lowest BCUT2D eigenvalue weighted by Crippen LogP contribution is -2.44. The summed E-state index contributed by atoms with van der Waals surface area (Å²) < 4.78 is 0. The number of nitrogens with zero attached hydrogens (tertiary/aromatic N) is 2. The van der Waals surface area contributed by atoms with E-state index < -0.39 is 0 Å². The number of hydrogen-bond donors (Lipinski definition) is 0. The van der Waals surface area contributed by atoms with Gasteiger partial charge in [-0.2, -0.15) is 0 Å². The van der Waals surface area contributed by atoms with Crippen LogP contribution in [0.1, 0.15) is 70.6 Å². The molecule has 5 heterocycles. The van der Waals surface area contributed by atoms with Gasteiger partial charge in [-0.15, -0.1) is 0 Å². The fraction of sp³-hybridized carbons (Fsp3) is 0.769. The van der Waals surface area contributed by atoms with Crippen LogP contribution in [0.15, 0.2) is 36.0 Å². The lowest BCUT2D eigenvalue weighted by Gasteiger charge is -2.43. The van der Waals surface area contributed by atoms with Gasteiger partial charge in [0, 0.05) is 26.2 Å². The van der Waals surface area contributed by atoms with Crippen molar-refractivity contribution in [2.24, 2.45) is 17.8 Å². The smallest absolute Gasteiger partial charge is 0.0196 e. The molecule has 5 atom stereocenters. The summed E-state index contributed by atoms with van der Waals surface area (Å²) in [6, 6.07) is 0. The van der Waals surface area contributed by atoms with Crippen molar-refractivity contribution in [3.05, 3.63) is 36.0 Å². The summed E-state index contributed by atoms with van der Waals surface area (Å²) in [5, 5.41) is 0. The molecule has 5 aliphatic rings. The van der Waals surface area contributed by atoms with Crippen LogP contribution in [0.4, 0.5) is 0 Å². The van der Waals surface area contributed by atoms with Crippen molar-refractivity contribution in [2.45, 2.75) is 70.6 Å². The summed E-state index contributed by atoms with van der Waals surface area (Å²) in [6.45, 7) is 7.81. The van der Waals surface area contributed by atoms with E-state index in [1.54, 1.807) is 0 Å². The van der Waals surface area contributed by atoms with E-state index in [1.807, 2.05) is 5.57 Å². The summed E-state index contributed by atoms with van der Waals surface area (Å²) in [7, 11) is 0. The molecule has 0 aromatic heterocycles. The second-order valence-electron chi connectivity index (χ2n) is 9.78. The van der Waals surface area contributed by atoms with Gasteiger partial charge in [0.2, 0.25) is 0 Å². The molecule has 0 saturated carbocycles. The topological polar surface area (TPSA) is 6.48 Å². The molecule has 28 heavy (non-hydrogen) atoms. The first-order valence-corrected chi connectivity index (χ1v) is 12.3. The average molecular weight is 383 g/mol. The van der Waals surface area contributed by atoms with Crippen molar-refractivity contribution in [3.63, 3.8) is 0 Å². The first-order chi connectivity index (χ1) is 13.9. The van der Waals surface area contributed by atoms with Crippen LogP contribution < -0.4 is 0 Å². The second-order valence-corrected chi connectivity index (χ2v) is 9.78. The van der Waals surface area contributed by atoms with Gasteiger partial charge >= 0.3 is 0 Å². The van der Waals surface area contributed by atoms with Gasteiger partial charge in [0.05, 0.1) is 0 Å². The van der Waals surface area contributed by atoms with Gasteiger partial charge in [0.1, 0.15) is 0 Å². The van der Waals surface area contributed by atoms with Crippen LogP contribution in [0.2, 0.25) is 0 Å². The molecule has 5 rings (SSSR count). The van der Waals surface area contributed by atoms with Crippen LogP contribution >= 0.6 is 0 Å². The number of allylic oxidation sites excluding steroid dienone is 3. The number of piperidine rings is 1. The van der Waals surface area contributed by atoms with Crippen LogP contribution in [0.5, 0.6) is 0 Å². The Morgan fingerprint density at radius 2 is 1.46 bits per heavy atom. The van der Waals surface area contributed by atoms with E-state index >= 15 is 0 Å². The zero-order valence-corrected chi connectivity index (χ0v) is 18.0. The monoisotopic (exact) mass is 382 g/mol. The minimum absolute atomic E-state index is 0.805. The van der Waals surface area contributed by atoms with E-state index in [-0.39, 0.29) is 0 Å². The average Bonchev–Trinajstić information content (AvgIpc) is 2.71. The molecule has 0 spiro atoms. The Balaban J connectivity index is 1.57. The molecule has 0 aliphatic carbocycles. The third-order valence-corrected chi connectivity index (χ3v) is 7.58. The standard InChI is InChI=1S/C26H42N2/c1-3-7-11-16-27-18-15-26-24(21-27)14-10-6-2-4-8-12-17-28-20-23(13-9-5-1)19-25(26)22-28/h2-3,6-7,19,23-24,26H,1,4-5,8-18,20-22H2/b6-2-,7-3-/t23-,24-,26-/m1/s1. The molecule has 0 N–H and O–H groups in total. The highest BCUT2D eigenvalue weighted by Crippen LogP contribution is 2.37. The Morgan fingerprint density at radius 3 is 2.39 bits per heavy atom. The van der Waals surface area contributed by atoms with E-state index in [9.17, 15) is 0 Å². The summed E-state index contributed by atoms with van der Waals surface area (Å²) in [4.78, 5) is 5.59. The predicted molar refractivity (Wildman–Crippen MR) is 121 cm³/mol. The van der Waals surface area contributed by atoms with Crippen LogP contribution in [-0.4, -0.2) is 49.1 Å². The first-order valence-electron chi connectivity index (χ1n) is 12.3. The van der Waals surface area contributed by atoms with Crippen LogP contribution in [-0.2, 0) is 0 Å². The number of hydrogen-bond acceptors (Lipinski definition) is 2. The van der Waals surface area contributed by atoms with Gasteiger partial charge in [0.25, 0.3) is 0 Å². The van der Waals surface area contributed by atoms with Crippen molar-refractivity contribution in [2.75, 3.05) is 39.3 Å². The van der Waals surface area contributed by atoms with E-state index in [0.717, 1.165) is 17.8 Å². The fourth-order valence-corrected chi connectivity index (χ4v) is 6.04. The Kier molecular flexibility index (Phi) is 7.86. The van der Waals surface area contributed by atoms with E-state index in [1.165, 1.54) is 110 Å². The Hall–Kier alpha value is -0.860. The van der Waals surface area contributed by atoms with Crippen molar-refractivity contribution < 1.29 is 0 Å². The molecule has 2 unspecified atom stereocenters. The zero-order valence-electron chi connectivity index (χ0n) is 18.0. The van der Waals surface area contributed by atoms with Crippen molar-refractivity contribution in [1.29, 1.82) is 0 Å². The minimum atomic E-state index is 0.805. The highest BCUT2D eigenvalue weighted by atomic mass is 15.1. The molecule has 1 saturated heterocycles. The molecule has 2 nitrogen and oxygen atoms in total. The van der Waals surface area contributed by atoms with Gasteiger partial charge < -0.3 is 4.90 Å². The van der Waals surface area contributed by atoms with Crippen LogP contribution in [0.25, 0.3) is 0 Å². The summed E-state index contributed by atoms with van der Waals surface area (Å²) in [5.41, 5.74) is 1.83. The molecule has 0 aromatic carbocycles. The van der Waals surface area contributed by atoms with Crippen LogP contribution in [0.3, 0.4) is 0 Å². The highest BCUT2D eigenvalue weighted by Gasteiger charge is 2.33. The Morgan fingerprint density at radius 1 is 0.643 bits per heavy atom. The predicted octanol–water partition coefficient (Wildman–Crippen LogP) is 5.82. The lowest BCUT2D eigenvalue weighted by molar-refractivity contribution is 0.121. The molecule has 1 fully saturated rings. The van der Waals surface area contributed by atoms with Gasteiger partial charge in [-0.3, -0.25) is 4.90 Å². The minimum Gasteiger partial charge on any atom is -0.303 e. The maximum atomic E-state index is 2.82. The van der Waals surface area contributed by atoms with Crippen molar-refractivity contribution in [1.82, 2.24) is 9.80 Å². The summed E-state index contributed by atoms with van der Waals surface area (Å²) >= 11 is 0. The summed E-state index contributed by atoms with van der Waals surface area (Å²) in [5.74, 6) is 2.51. The maximum absolute atomic E-state index is 2.82. The first kappa shape index (κ1) is 20.4. The van der Waals surface area contributed by atoms with Crippen molar-refractivity contribution in [3.8, 4) is 0 Å². The van der Waals surface area contributed by atoms with Gasteiger partial charge in [0.15, 0.2) is 0 Å². The Labute approximate surface area is 173 Å². The van der Waals surface area contributed by atoms with E-state index in [0.29, 0.717) is 0 Å². The number of fused-ring (bicyclic) bond motifs is 8. The fourth-order valence-electron chi connectivity index (χ4n) is 6.04. The van der Waals surface area contributed by atoms with Crippen molar-refractivity contribution >= 4 is 0 Å². The molecule has 0 aromatic rings. The maximum Gasteiger partial charge on any atom is 0.0196 e. The quantitative estimate of drug-likeness (QED) is 0.487. The molecule has 5 aliphatic heterocycles. The van der Waals surface area contributed by atoms with E-state index in [2.05, 4.69) is 40.2 Å². The molecule has 0 amide bonds. The third kappa shape index (κ3) is 5.83. The van der Waals surface area contributed by atoms with Gasteiger partial charge in [-0.05, 0) is 95.1 Å². The second kappa shape index (κ2) is 10.8. The lowest BCUT2D eigenvalue weighted by atomic mass is 9.75. The summed E-state index contributed by atoms with van der Waals surface area (Å²) in [6.07, 6.45) is 27.4. The van der Waals surface area contributed by atoms with Gasteiger partial charge in [-0.1, -0.05) is 42.4 Å². The highest BCUT2D eigenvalue weighted by molar-refractivity contribution is 5.17. The Bertz CT molecular complexity index is 561. The molecule has 6 bridgehead atoms. The molecule has 2 heteroatoms. The normalized spacial score (nSPS) is 40.3. The molecule has 156 valence electrons. The molecule has 0 radical (unpaired) electrons. The molecular formula is C26H42N2. The van der Waals surface area contributed by atoms with Crippen LogP contribution in [0, 0.1) is 17.8 Å². The SMILES string of the molecule is C1=C2CN3CCCC/C=C\CC[C@@H]4CN(CC/C=C\CCCC[C@H]1C3)CC[C@@H]24. The zero-order chi connectivity index (χ0) is 19.0. The molecular weight excluding hydrogens is 340 g/mol. The van der Waals surface area contributed by atoms with E-state index in [4.69, 9.17) is 0 Å². The number of rotatable bonds is 0. The largest absolute Gasteiger partial charge is 0.303 e.